The third-order valence-electron chi connectivity index (χ3n) is 3.55. The van der Waals surface area contributed by atoms with E-state index in [2.05, 4.69) is 61.6 Å². The van der Waals surface area contributed by atoms with Crippen molar-refractivity contribution >= 4 is 8.80 Å². The Morgan fingerprint density at radius 3 is 1.47 bits per heavy atom. The van der Waals surface area contributed by atoms with Gasteiger partial charge in [0.2, 0.25) is 0 Å². The molecule has 0 heterocycles. The second kappa shape index (κ2) is 7.66. The van der Waals surface area contributed by atoms with Crippen molar-refractivity contribution in [1.82, 2.24) is 0 Å². The average Bonchev–Trinajstić information content (AvgIpc) is 2.63. The van der Waals surface area contributed by atoms with Crippen LogP contribution in [0.4, 0.5) is 0 Å². The van der Waals surface area contributed by atoms with Crippen LogP contribution in [0.2, 0.25) is 13.1 Å². The fraction of sp³-hybridized carbons (Fsp3) is 0.200. The molecule has 0 nitrogen and oxygen atoms in total. The quantitative estimate of drug-likeness (QED) is 0.517. The van der Waals surface area contributed by atoms with E-state index < -0.39 is 8.80 Å². The van der Waals surface area contributed by atoms with Gasteiger partial charge in [-0.3, -0.25) is 0 Å². The van der Waals surface area contributed by atoms with Crippen LogP contribution >= 0.6 is 0 Å². The van der Waals surface area contributed by atoms with Crippen LogP contribution in [0.15, 0.2) is 48.5 Å². The molecule has 0 saturated heterocycles. The van der Waals surface area contributed by atoms with E-state index in [9.17, 15) is 0 Å². The van der Waals surface area contributed by atoms with Gasteiger partial charge in [0.25, 0.3) is 0 Å². The van der Waals surface area contributed by atoms with Gasteiger partial charge in [-0.25, -0.2) is 0 Å². The molecule has 1 aliphatic carbocycles. The summed E-state index contributed by atoms with van der Waals surface area (Å²) in [5.41, 5.74) is 6.76. The second-order valence-corrected chi connectivity index (χ2v) is 8.05. The first-order valence-electron chi connectivity index (χ1n) is 5.97. The molecule has 0 saturated carbocycles. The van der Waals surface area contributed by atoms with Gasteiger partial charge in [-0.05, 0) is 22.3 Å². The standard InChI is InChI=1S/C15H16Si.2ClH.Ti/c1-16(2)15-13-9-5-3-7-11(13)12-8-4-6-10-14(12)15;;;/h3-10,15-16H,1-2H3;2*1H;/q;;;+2/p-2. The fourth-order valence-corrected chi connectivity index (χ4v) is 4.93. The zero-order valence-electron chi connectivity index (χ0n) is 11.0. The Labute approximate surface area is 144 Å². The molecule has 19 heavy (non-hydrogen) atoms. The maximum absolute atomic E-state index is 2.45. The Balaban J connectivity index is 0.00000108. The summed E-state index contributed by atoms with van der Waals surface area (Å²) in [7, 11) is -0.697. The molecule has 0 unspecified atom stereocenters. The molecule has 0 aliphatic heterocycles. The Morgan fingerprint density at radius 2 is 1.11 bits per heavy atom. The molecule has 98 valence electrons. The SMILES string of the molecule is C[SiH](C)C1c2ccccc2-c2ccccc21.[Cl-].[Cl-].[Ti+2]. The van der Waals surface area contributed by atoms with Crippen LogP contribution in [-0.4, -0.2) is 8.80 Å². The predicted octanol–water partition coefficient (Wildman–Crippen LogP) is -2.17. The maximum atomic E-state index is 2.45. The summed E-state index contributed by atoms with van der Waals surface area (Å²) in [6, 6.07) is 17.8. The van der Waals surface area contributed by atoms with Crippen LogP contribution < -0.4 is 24.8 Å². The maximum Gasteiger partial charge on any atom is 2.00 e. The first-order chi connectivity index (χ1) is 7.79. The summed E-state index contributed by atoms with van der Waals surface area (Å²) in [6.07, 6.45) is 0. The van der Waals surface area contributed by atoms with Gasteiger partial charge in [0.05, 0.1) is 0 Å². The van der Waals surface area contributed by atoms with Gasteiger partial charge in [-0.1, -0.05) is 61.6 Å². The van der Waals surface area contributed by atoms with E-state index in [1.54, 1.807) is 11.1 Å². The Hall–Kier alpha value is -0.0488. The van der Waals surface area contributed by atoms with Crippen LogP contribution in [0, 0.1) is 0 Å². The van der Waals surface area contributed by atoms with Crippen LogP contribution in [-0.2, 0) is 21.7 Å². The van der Waals surface area contributed by atoms with E-state index in [1.165, 1.54) is 11.1 Å². The number of benzene rings is 2. The summed E-state index contributed by atoms with van der Waals surface area (Å²) in [5.74, 6) is 0. The van der Waals surface area contributed by atoms with Gasteiger partial charge in [0.1, 0.15) is 0 Å². The molecule has 0 amide bonds. The smallest absolute Gasteiger partial charge is 1.00 e. The van der Waals surface area contributed by atoms with Gasteiger partial charge in [0, 0.05) is 14.3 Å². The largest absolute Gasteiger partial charge is 2.00 e. The van der Waals surface area contributed by atoms with Crippen molar-refractivity contribution in [3.63, 3.8) is 0 Å². The van der Waals surface area contributed by atoms with E-state index in [4.69, 9.17) is 0 Å². The zero-order valence-corrected chi connectivity index (χ0v) is 15.3. The molecule has 2 aromatic carbocycles. The molecule has 1 aliphatic rings. The summed E-state index contributed by atoms with van der Waals surface area (Å²) in [5, 5.41) is 0. The molecule has 0 radical (unpaired) electrons. The predicted molar refractivity (Wildman–Crippen MR) is 72.6 cm³/mol. The average molecular weight is 343 g/mol. The van der Waals surface area contributed by atoms with Crippen molar-refractivity contribution in [3.05, 3.63) is 59.7 Å². The summed E-state index contributed by atoms with van der Waals surface area (Å²) < 4.78 is 0. The molecule has 0 N–H and O–H groups in total. The Bertz CT molecular complexity index is 498. The molecule has 0 spiro atoms. The van der Waals surface area contributed by atoms with Gasteiger partial charge in [0.15, 0.2) is 0 Å². The molecule has 4 heteroatoms. The summed E-state index contributed by atoms with van der Waals surface area (Å²) in [4.78, 5) is 0. The molecule has 0 bridgehead atoms. The zero-order chi connectivity index (χ0) is 11.1. The van der Waals surface area contributed by atoms with Crippen LogP contribution in [0.3, 0.4) is 0 Å². The minimum atomic E-state index is -0.697. The topological polar surface area (TPSA) is 0 Å². The Kier molecular flexibility index (Phi) is 7.64. The van der Waals surface area contributed by atoms with Gasteiger partial charge >= 0.3 is 21.7 Å². The number of fused-ring (bicyclic) bond motifs is 3. The van der Waals surface area contributed by atoms with E-state index in [0.717, 1.165) is 0 Å². The second-order valence-electron chi connectivity index (χ2n) is 4.90. The molecule has 0 fully saturated rings. The van der Waals surface area contributed by atoms with Crippen LogP contribution in [0.1, 0.15) is 16.7 Å². The normalized spacial score (nSPS) is 11.7. The Morgan fingerprint density at radius 1 is 0.737 bits per heavy atom. The monoisotopic (exact) mass is 342 g/mol. The van der Waals surface area contributed by atoms with Crippen LogP contribution in [0.5, 0.6) is 0 Å². The molecule has 2 aromatic rings. The van der Waals surface area contributed by atoms with Gasteiger partial charge in [-0.2, -0.15) is 0 Å². The van der Waals surface area contributed by atoms with Gasteiger partial charge in [-0.15, -0.1) is 0 Å². The van der Waals surface area contributed by atoms with Crippen molar-refractivity contribution in [1.29, 1.82) is 0 Å². The summed E-state index contributed by atoms with van der Waals surface area (Å²) >= 11 is 0. The van der Waals surface area contributed by atoms with Crippen molar-refractivity contribution in [3.8, 4) is 11.1 Å². The molecule has 0 atom stereocenters. The molecular formula is C15H16Cl2SiTi. The molecular weight excluding hydrogens is 327 g/mol. The third-order valence-corrected chi connectivity index (χ3v) is 5.60. The van der Waals surface area contributed by atoms with Crippen molar-refractivity contribution in [2.24, 2.45) is 0 Å². The minimum absolute atomic E-state index is 0. The first-order valence-corrected chi connectivity index (χ1v) is 8.95. The fourth-order valence-electron chi connectivity index (χ4n) is 2.91. The molecule has 0 aromatic heterocycles. The van der Waals surface area contributed by atoms with Crippen molar-refractivity contribution in [2.75, 3.05) is 0 Å². The number of hydrogen-bond donors (Lipinski definition) is 0. The number of halogens is 2. The van der Waals surface area contributed by atoms with E-state index in [0.29, 0.717) is 5.54 Å². The first kappa shape index (κ1) is 19.0. The minimum Gasteiger partial charge on any atom is -1.00 e. The molecule has 3 rings (SSSR count). The van der Waals surface area contributed by atoms with Crippen molar-refractivity contribution < 1.29 is 46.5 Å². The third kappa shape index (κ3) is 3.17. The number of hydrogen-bond acceptors (Lipinski definition) is 0. The van der Waals surface area contributed by atoms with Crippen LogP contribution in [0.25, 0.3) is 11.1 Å². The number of rotatable bonds is 1. The van der Waals surface area contributed by atoms with Gasteiger partial charge < -0.3 is 24.8 Å². The van der Waals surface area contributed by atoms with E-state index in [1.807, 2.05) is 0 Å². The van der Waals surface area contributed by atoms with E-state index in [-0.39, 0.29) is 46.5 Å². The van der Waals surface area contributed by atoms with Crippen molar-refractivity contribution in [2.45, 2.75) is 18.6 Å². The van der Waals surface area contributed by atoms with E-state index >= 15 is 0 Å². The summed E-state index contributed by atoms with van der Waals surface area (Å²) in [6.45, 7) is 4.90.